The SMILES string of the molecule is CN(C(=O)O)[C@H](C#N)C[C@H]1CCCOC1. The predicted molar refractivity (Wildman–Crippen MR) is 53.3 cm³/mol. The van der Waals surface area contributed by atoms with Gasteiger partial charge in [0, 0.05) is 20.3 Å². The third kappa shape index (κ3) is 3.40. The van der Waals surface area contributed by atoms with Crippen molar-refractivity contribution in [3.63, 3.8) is 0 Å². The van der Waals surface area contributed by atoms with Gasteiger partial charge in [-0.15, -0.1) is 0 Å². The van der Waals surface area contributed by atoms with Crippen LogP contribution in [0.4, 0.5) is 4.79 Å². The Labute approximate surface area is 89.2 Å². The number of nitriles is 1. The van der Waals surface area contributed by atoms with Crippen LogP contribution in [0.15, 0.2) is 0 Å². The number of nitrogens with zero attached hydrogens (tertiary/aromatic N) is 2. The summed E-state index contributed by atoms with van der Waals surface area (Å²) in [5.74, 6) is 0.310. The van der Waals surface area contributed by atoms with Crippen LogP contribution in [0.3, 0.4) is 0 Å². The summed E-state index contributed by atoms with van der Waals surface area (Å²) in [7, 11) is 1.43. The molecule has 1 rings (SSSR count). The van der Waals surface area contributed by atoms with Gasteiger partial charge in [0.2, 0.25) is 0 Å². The summed E-state index contributed by atoms with van der Waals surface area (Å²) in [5.41, 5.74) is 0. The minimum atomic E-state index is -1.06. The first-order chi connectivity index (χ1) is 7.15. The van der Waals surface area contributed by atoms with Gasteiger partial charge in [-0.1, -0.05) is 0 Å². The molecule has 0 unspecified atom stereocenters. The van der Waals surface area contributed by atoms with Crippen LogP contribution in [0.5, 0.6) is 0 Å². The number of ether oxygens (including phenoxy) is 1. The zero-order valence-electron chi connectivity index (χ0n) is 8.85. The van der Waals surface area contributed by atoms with Crippen LogP contribution in [0.25, 0.3) is 0 Å². The van der Waals surface area contributed by atoms with E-state index >= 15 is 0 Å². The van der Waals surface area contributed by atoms with Crippen molar-refractivity contribution in [3.8, 4) is 6.07 Å². The lowest BCUT2D eigenvalue weighted by molar-refractivity contribution is 0.0441. The normalized spacial score (nSPS) is 22.8. The predicted octanol–water partition coefficient (Wildman–Crippen LogP) is 1.31. The quantitative estimate of drug-likeness (QED) is 0.765. The Morgan fingerprint density at radius 2 is 2.53 bits per heavy atom. The van der Waals surface area contributed by atoms with Gasteiger partial charge in [0.05, 0.1) is 6.07 Å². The van der Waals surface area contributed by atoms with Crippen molar-refractivity contribution in [2.75, 3.05) is 20.3 Å². The summed E-state index contributed by atoms with van der Waals surface area (Å²) >= 11 is 0. The Hall–Kier alpha value is -1.28. The van der Waals surface area contributed by atoms with Gasteiger partial charge in [0.15, 0.2) is 0 Å². The van der Waals surface area contributed by atoms with Crippen molar-refractivity contribution in [2.24, 2.45) is 5.92 Å². The number of hydrogen-bond donors (Lipinski definition) is 1. The number of rotatable bonds is 3. The van der Waals surface area contributed by atoms with Crippen LogP contribution in [0, 0.1) is 17.2 Å². The third-order valence-electron chi connectivity index (χ3n) is 2.73. The summed E-state index contributed by atoms with van der Waals surface area (Å²) in [6.45, 7) is 1.42. The second kappa shape index (κ2) is 5.56. The molecule has 0 spiro atoms. The lowest BCUT2D eigenvalue weighted by atomic mass is 9.94. The first kappa shape index (κ1) is 11.8. The van der Waals surface area contributed by atoms with E-state index in [1.165, 1.54) is 7.05 Å². The Balaban J connectivity index is 2.45. The summed E-state index contributed by atoms with van der Waals surface area (Å²) in [5, 5.41) is 17.6. The fraction of sp³-hybridized carbons (Fsp3) is 0.800. The molecule has 1 amide bonds. The minimum Gasteiger partial charge on any atom is -0.465 e. The highest BCUT2D eigenvalue weighted by atomic mass is 16.5. The molecule has 0 bridgehead atoms. The summed E-state index contributed by atoms with van der Waals surface area (Å²) < 4.78 is 5.29. The molecule has 1 N–H and O–H groups in total. The third-order valence-corrected chi connectivity index (χ3v) is 2.73. The van der Waals surface area contributed by atoms with E-state index in [1.807, 2.05) is 6.07 Å². The lowest BCUT2D eigenvalue weighted by Gasteiger charge is -2.27. The molecule has 5 nitrogen and oxygen atoms in total. The molecular formula is C10H16N2O3. The van der Waals surface area contributed by atoms with Gasteiger partial charge >= 0.3 is 6.09 Å². The maximum Gasteiger partial charge on any atom is 0.408 e. The molecule has 1 saturated heterocycles. The molecule has 0 aromatic heterocycles. The first-order valence-electron chi connectivity index (χ1n) is 5.08. The van der Waals surface area contributed by atoms with Crippen molar-refractivity contribution in [3.05, 3.63) is 0 Å². The molecule has 1 aliphatic heterocycles. The number of carboxylic acid groups (broad SMARTS) is 1. The molecule has 5 heteroatoms. The molecule has 15 heavy (non-hydrogen) atoms. The molecule has 0 aliphatic carbocycles. The molecule has 1 aliphatic rings. The van der Waals surface area contributed by atoms with Crippen LogP contribution < -0.4 is 0 Å². The summed E-state index contributed by atoms with van der Waals surface area (Å²) in [6.07, 6.45) is 1.53. The van der Waals surface area contributed by atoms with Gasteiger partial charge in [0.25, 0.3) is 0 Å². The second-order valence-corrected chi connectivity index (χ2v) is 3.86. The maximum atomic E-state index is 10.7. The minimum absolute atomic E-state index is 0.310. The van der Waals surface area contributed by atoms with Crippen LogP contribution in [-0.2, 0) is 4.74 Å². The standard InChI is InChI=1S/C10H16N2O3/c1-12(10(13)14)9(6-11)5-8-3-2-4-15-7-8/h8-9H,2-5,7H2,1H3,(H,13,14)/t8-,9+/m1/s1. The Kier molecular flexibility index (Phi) is 4.37. The zero-order valence-corrected chi connectivity index (χ0v) is 8.85. The second-order valence-electron chi connectivity index (χ2n) is 3.86. The fourth-order valence-electron chi connectivity index (χ4n) is 1.74. The molecule has 84 valence electrons. The highest BCUT2D eigenvalue weighted by molar-refractivity contribution is 5.65. The Morgan fingerprint density at radius 3 is 3.00 bits per heavy atom. The van der Waals surface area contributed by atoms with Crippen molar-refractivity contribution < 1.29 is 14.6 Å². The topological polar surface area (TPSA) is 73.6 Å². The van der Waals surface area contributed by atoms with Gasteiger partial charge in [-0.3, -0.25) is 4.90 Å². The van der Waals surface area contributed by atoms with Crippen molar-refractivity contribution in [2.45, 2.75) is 25.3 Å². The van der Waals surface area contributed by atoms with Crippen molar-refractivity contribution in [1.29, 1.82) is 5.26 Å². The van der Waals surface area contributed by atoms with E-state index in [-0.39, 0.29) is 0 Å². The van der Waals surface area contributed by atoms with Crippen molar-refractivity contribution in [1.82, 2.24) is 4.90 Å². The van der Waals surface area contributed by atoms with Crippen LogP contribution >= 0.6 is 0 Å². The Bertz CT molecular complexity index is 256. The van der Waals surface area contributed by atoms with Gasteiger partial charge in [0.1, 0.15) is 6.04 Å². The van der Waals surface area contributed by atoms with Gasteiger partial charge < -0.3 is 9.84 Å². The maximum absolute atomic E-state index is 10.7. The van der Waals surface area contributed by atoms with E-state index in [0.717, 1.165) is 24.3 Å². The van der Waals surface area contributed by atoms with Crippen molar-refractivity contribution >= 4 is 6.09 Å². The molecule has 1 fully saturated rings. The average molecular weight is 212 g/mol. The Morgan fingerprint density at radius 1 is 1.80 bits per heavy atom. The lowest BCUT2D eigenvalue weighted by Crippen LogP contribution is -2.37. The number of hydrogen-bond acceptors (Lipinski definition) is 3. The monoisotopic (exact) mass is 212 g/mol. The zero-order chi connectivity index (χ0) is 11.3. The molecule has 0 saturated carbocycles. The molecule has 2 atom stereocenters. The summed E-state index contributed by atoms with van der Waals surface area (Å²) in [6, 6.07) is 1.46. The van der Waals surface area contributed by atoms with E-state index in [2.05, 4.69) is 0 Å². The molecule has 0 aromatic rings. The van der Waals surface area contributed by atoms with E-state index in [4.69, 9.17) is 15.1 Å². The molecule has 0 radical (unpaired) electrons. The van der Waals surface area contributed by atoms with Gasteiger partial charge in [-0.2, -0.15) is 5.26 Å². The van der Waals surface area contributed by atoms with Crippen LogP contribution in [0.2, 0.25) is 0 Å². The van der Waals surface area contributed by atoms with E-state index in [0.29, 0.717) is 18.9 Å². The van der Waals surface area contributed by atoms with Gasteiger partial charge in [-0.25, -0.2) is 4.79 Å². The number of amides is 1. The molecule has 1 heterocycles. The number of carbonyl (C=O) groups is 1. The van der Waals surface area contributed by atoms with Crippen LogP contribution in [-0.4, -0.2) is 42.4 Å². The largest absolute Gasteiger partial charge is 0.465 e. The molecule has 0 aromatic carbocycles. The summed E-state index contributed by atoms with van der Waals surface area (Å²) in [4.78, 5) is 11.7. The highest BCUT2D eigenvalue weighted by Crippen LogP contribution is 2.20. The van der Waals surface area contributed by atoms with Gasteiger partial charge in [-0.05, 0) is 25.2 Å². The average Bonchev–Trinajstić information content (AvgIpc) is 2.26. The van der Waals surface area contributed by atoms with E-state index < -0.39 is 12.1 Å². The smallest absolute Gasteiger partial charge is 0.408 e. The molecular weight excluding hydrogens is 196 g/mol. The highest BCUT2D eigenvalue weighted by Gasteiger charge is 2.24. The fourth-order valence-corrected chi connectivity index (χ4v) is 1.74. The van der Waals surface area contributed by atoms with Crippen LogP contribution in [0.1, 0.15) is 19.3 Å². The van der Waals surface area contributed by atoms with E-state index in [1.54, 1.807) is 0 Å². The van der Waals surface area contributed by atoms with E-state index in [9.17, 15) is 4.79 Å². The first-order valence-corrected chi connectivity index (χ1v) is 5.08.